The fraction of sp³-hybridized carbons (Fsp3) is 0.500. The third-order valence-electron chi connectivity index (χ3n) is 3.60. The lowest BCUT2D eigenvalue weighted by Gasteiger charge is -2.26. The number of nitrogens with zero attached hydrogens (tertiary/aromatic N) is 2. The van der Waals surface area contributed by atoms with Gasteiger partial charge in [0.2, 0.25) is 0 Å². The zero-order valence-corrected chi connectivity index (χ0v) is 10.7. The van der Waals surface area contributed by atoms with E-state index in [2.05, 4.69) is 0 Å². The molecule has 0 aliphatic carbocycles. The first kappa shape index (κ1) is 14.1. The van der Waals surface area contributed by atoms with Gasteiger partial charge in [-0.25, -0.2) is 0 Å². The van der Waals surface area contributed by atoms with Gasteiger partial charge in [0, 0.05) is 11.6 Å². The Bertz CT molecular complexity index is 481. The molecule has 0 radical (unpaired) electrons. The number of hydrogen-bond donors (Lipinski definition) is 0. The van der Waals surface area contributed by atoms with Crippen LogP contribution in [0.15, 0.2) is 18.2 Å². The molecule has 0 saturated carbocycles. The lowest BCUT2D eigenvalue weighted by atomic mass is 9.77. The van der Waals surface area contributed by atoms with Gasteiger partial charge >= 0.3 is 0 Å². The molecule has 0 unspecified atom stereocenters. The van der Waals surface area contributed by atoms with Crippen LogP contribution in [0.2, 0.25) is 0 Å². The molecule has 0 atom stereocenters. The van der Waals surface area contributed by atoms with Gasteiger partial charge in [-0.05, 0) is 24.3 Å². The maximum atomic E-state index is 11.1. The van der Waals surface area contributed by atoms with E-state index in [0.29, 0.717) is 5.56 Å². The first-order valence-electron chi connectivity index (χ1n) is 5.79. The van der Waals surface area contributed by atoms with Crippen molar-refractivity contribution in [1.29, 1.82) is 0 Å². The van der Waals surface area contributed by atoms with Gasteiger partial charge in [0.15, 0.2) is 0 Å². The van der Waals surface area contributed by atoms with E-state index >= 15 is 0 Å². The summed E-state index contributed by atoms with van der Waals surface area (Å²) in [6.45, 7) is 5.84. The highest BCUT2D eigenvalue weighted by Crippen LogP contribution is 2.38. The Labute approximate surface area is 105 Å². The summed E-state index contributed by atoms with van der Waals surface area (Å²) in [6.07, 6.45) is 1.48. The molecule has 1 rings (SSSR count). The molecule has 1 aromatic rings. The molecule has 18 heavy (non-hydrogen) atoms. The molecule has 0 aromatic heterocycles. The van der Waals surface area contributed by atoms with Crippen LogP contribution in [0.25, 0.3) is 0 Å². The van der Waals surface area contributed by atoms with Gasteiger partial charge in [0.25, 0.3) is 11.4 Å². The Kier molecular flexibility index (Phi) is 4.00. The van der Waals surface area contributed by atoms with Gasteiger partial charge in [-0.3, -0.25) is 20.2 Å². The molecular weight excluding hydrogens is 236 g/mol. The third kappa shape index (κ3) is 2.47. The highest BCUT2D eigenvalue weighted by Gasteiger charge is 2.31. The number of hydrogen-bond acceptors (Lipinski definition) is 4. The zero-order valence-electron chi connectivity index (χ0n) is 10.7. The van der Waals surface area contributed by atoms with Gasteiger partial charge < -0.3 is 0 Å². The molecule has 0 aliphatic rings. The Morgan fingerprint density at radius 1 is 1.11 bits per heavy atom. The third-order valence-corrected chi connectivity index (χ3v) is 3.60. The van der Waals surface area contributed by atoms with E-state index in [-0.39, 0.29) is 16.8 Å². The van der Waals surface area contributed by atoms with E-state index in [9.17, 15) is 20.2 Å². The zero-order chi connectivity index (χ0) is 13.9. The SMILES string of the molecule is CCC(C)(CC)c1ccc([N+](=O)[O-])cc1[N+](=O)[O-]. The van der Waals surface area contributed by atoms with Crippen LogP contribution in [-0.2, 0) is 5.41 Å². The van der Waals surface area contributed by atoms with Crippen molar-refractivity contribution in [3.8, 4) is 0 Å². The molecule has 0 fully saturated rings. The monoisotopic (exact) mass is 252 g/mol. The van der Waals surface area contributed by atoms with Crippen LogP contribution in [0, 0.1) is 20.2 Å². The molecule has 0 spiro atoms. The highest BCUT2D eigenvalue weighted by molar-refractivity contribution is 5.52. The first-order valence-corrected chi connectivity index (χ1v) is 5.79. The molecule has 0 aliphatic heterocycles. The molecule has 0 heterocycles. The van der Waals surface area contributed by atoms with Crippen LogP contribution < -0.4 is 0 Å². The van der Waals surface area contributed by atoms with Crippen LogP contribution in [0.5, 0.6) is 0 Å². The molecular formula is C12H16N2O4. The van der Waals surface area contributed by atoms with Crippen LogP contribution in [0.3, 0.4) is 0 Å². The number of benzene rings is 1. The van der Waals surface area contributed by atoms with Crippen molar-refractivity contribution in [2.24, 2.45) is 0 Å². The number of nitro benzene ring substituents is 2. The van der Waals surface area contributed by atoms with Crippen molar-refractivity contribution in [1.82, 2.24) is 0 Å². The first-order chi connectivity index (χ1) is 8.35. The van der Waals surface area contributed by atoms with Crippen LogP contribution in [0.1, 0.15) is 39.2 Å². The molecule has 0 N–H and O–H groups in total. The second-order valence-electron chi connectivity index (χ2n) is 4.48. The average molecular weight is 252 g/mol. The number of nitro groups is 2. The van der Waals surface area contributed by atoms with Gasteiger partial charge in [-0.1, -0.05) is 20.8 Å². The maximum Gasteiger partial charge on any atom is 0.280 e. The summed E-state index contributed by atoms with van der Waals surface area (Å²) in [6, 6.07) is 3.87. The van der Waals surface area contributed by atoms with E-state index < -0.39 is 9.85 Å². The Balaban J connectivity index is 3.45. The molecule has 6 heteroatoms. The number of rotatable bonds is 5. The summed E-state index contributed by atoms with van der Waals surface area (Å²) in [7, 11) is 0. The highest BCUT2D eigenvalue weighted by atomic mass is 16.6. The maximum absolute atomic E-state index is 11.1. The topological polar surface area (TPSA) is 86.3 Å². The van der Waals surface area contributed by atoms with Crippen molar-refractivity contribution >= 4 is 11.4 Å². The summed E-state index contributed by atoms with van der Waals surface area (Å²) in [5.74, 6) is 0. The predicted molar refractivity (Wildman–Crippen MR) is 67.7 cm³/mol. The van der Waals surface area contributed by atoms with Gasteiger partial charge in [0.1, 0.15) is 0 Å². The standard InChI is InChI=1S/C12H16N2O4/c1-4-12(3,5-2)10-7-6-9(13(15)16)8-11(10)14(17)18/h6-8H,4-5H2,1-3H3. The van der Waals surface area contributed by atoms with Gasteiger partial charge in [0.05, 0.1) is 15.9 Å². The van der Waals surface area contributed by atoms with E-state index in [4.69, 9.17) is 0 Å². The molecule has 0 saturated heterocycles. The summed E-state index contributed by atoms with van der Waals surface area (Å²) >= 11 is 0. The van der Waals surface area contributed by atoms with Gasteiger partial charge in [-0.2, -0.15) is 0 Å². The fourth-order valence-corrected chi connectivity index (χ4v) is 1.93. The largest absolute Gasteiger partial charge is 0.280 e. The summed E-state index contributed by atoms with van der Waals surface area (Å²) < 4.78 is 0. The van der Waals surface area contributed by atoms with E-state index in [1.807, 2.05) is 20.8 Å². The van der Waals surface area contributed by atoms with Crippen molar-refractivity contribution in [3.05, 3.63) is 44.0 Å². The lowest BCUT2D eigenvalue weighted by molar-refractivity contribution is -0.394. The Hall–Kier alpha value is -1.98. The molecule has 1 aromatic carbocycles. The minimum atomic E-state index is -0.619. The minimum Gasteiger partial charge on any atom is -0.258 e. The fourth-order valence-electron chi connectivity index (χ4n) is 1.93. The number of non-ortho nitro benzene ring substituents is 1. The predicted octanol–water partition coefficient (Wildman–Crippen LogP) is 3.58. The van der Waals surface area contributed by atoms with E-state index in [1.165, 1.54) is 12.1 Å². The normalized spacial score (nSPS) is 11.3. The summed E-state index contributed by atoms with van der Waals surface area (Å²) in [4.78, 5) is 20.5. The van der Waals surface area contributed by atoms with Crippen molar-refractivity contribution in [2.75, 3.05) is 0 Å². The van der Waals surface area contributed by atoms with Crippen LogP contribution in [0.4, 0.5) is 11.4 Å². The Morgan fingerprint density at radius 3 is 2.06 bits per heavy atom. The van der Waals surface area contributed by atoms with E-state index in [1.54, 1.807) is 0 Å². The summed E-state index contributed by atoms with van der Waals surface area (Å²) in [5.41, 5.74) is -0.198. The van der Waals surface area contributed by atoms with Crippen LogP contribution in [-0.4, -0.2) is 9.85 Å². The van der Waals surface area contributed by atoms with E-state index in [0.717, 1.165) is 18.9 Å². The smallest absolute Gasteiger partial charge is 0.258 e. The van der Waals surface area contributed by atoms with Crippen LogP contribution >= 0.6 is 0 Å². The Morgan fingerprint density at radius 2 is 1.67 bits per heavy atom. The van der Waals surface area contributed by atoms with Gasteiger partial charge in [-0.15, -0.1) is 0 Å². The summed E-state index contributed by atoms with van der Waals surface area (Å²) in [5, 5.41) is 21.7. The second kappa shape index (κ2) is 5.12. The lowest BCUT2D eigenvalue weighted by Crippen LogP contribution is -2.21. The molecule has 6 nitrogen and oxygen atoms in total. The molecule has 0 amide bonds. The second-order valence-corrected chi connectivity index (χ2v) is 4.48. The van der Waals surface area contributed by atoms with Crippen molar-refractivity contribution in [2.45, 2.75) is 39.0 Å². The molecule has 0 bridgehead atoms. The average Bonchev–Trinajstić information content (AvgIpc) is 2.36. The van der Waals surface area contributed by atoms with Crippen molar-refractivity contribution < 1.29 is 9.85 Å². The quantitative estimate of drug-likeness (QED) is 0.592. The molecule has 98 valence electrons. The van der Waals surface area contributed by atoms with Crippen molar-refractivity contribution in [3.63, 3.8) is 0 Å². The minimum absolute atomic E-state index is 0.171.